The molecule has 0 saturated carbocycles. The summed E-state index contributed by atoms with van der Waals surface area (Å²) in [5, 5.41) is 7.39. The number of rotatable bonds is 0. The Morgan fingerprint density at radius 2 is 1.00 bits per heavy atom. The number of hydrogen-bond acceptors (Lipinski definition) is 1. The van der Waals surface area contributed by atoms with Gasteiger partial charge >= 0.3 is 18.0 Å². The van der Waals surface area contributed by atoms with Gasteiger partial charge in [0, 0.05) is 0 Å². The zero-order valence-electron chi connectivity index (χ0n) is 5.09. The first kappa shape index (κ1) is 14.5. The van der Waals surface area contributed by atoms with E-state index >= 15 is 0 Å². The molecule has 0 aromatic carbocycles. The summed E-state index contributed by atoms with van der Waals surface area (Å²) in [5.41, 5.74) is -5.78. The third-order valence-corrected chi connectivity index (χ3v) is 0.935. The molecular formula is C5H4F7N. The molecule has 13 heavy (non-hydrogen) atoms. The average Bonchev–Trinajstić information content (AvgIpc) is 1.81. The second-order valence-corrected chi connectivity index (χ2v) is 1.77. The van der Waals surface area contributed by atoms with Crippen molar-refractivity contribution in [3.8, 4) is 6.07 Å². The topological polar surface area (TPSA) is 23.8 Å². The summed E-state index contributed by atoms with van der Waals surface area (Å²) in [6.07, 6.45) is -12.5. The van der Waals surface area contributed by atoms with Gasteiger partial charge in [-0.25, -0.2) is 4.39 Å². The third kappa shape index (κ3) is 2.23. The van der Waals surface area contributed by atoms with E-state index in [0.29, 0.717) is 0 Å². The van der Waals surface area contributed by atoms with Crippen molar-refractivity contribution in [3.05, 3.63) is 0 Å². The van der Waals surface area contributed by atoms with Crippen LogP contribution in [0.3, 0.4) is 0 Å². The maximum Gasteiger partial charge on any atom is 0.445 e. The Bertz CT molecular complexity index is 192. The van der Waals surface area contributed by atoms with Crippen LogP contribution in [0.15, 0.2) is 0 Å². The lowest BCUT2D eigenvalue weighted by Gasteiger charge is -2.22. The van der Waals surface area contributed by atoms with E-state index in [0.717, 1.165) is 0 Å². The summed E-state index contributed by atoms with van der Waals surface area (Å²) >= 11 is 0. The van der Waals surface area contributed by atoms with Gasteiger partial charge in [0.15, 0.2) is 0 Å². The molecule has 0 aromatic heterocycles. The number of nitrogens with zero attached hydrogens (tertiary/aromatic N) is 1. The van der Waals surface area contributed by atoms with Crippen LogP contribution < -0.4 is 0 Å². The lowest BCUT2D eigenvalue weighted by atomic mass is 10.1. The molecule has 78 valence electrons. The number of halogens is 7. The van der Waals surface area contributed by atoms with Crippen molar-refractivity contribution in [2.75, 3.05) is 0 Å². The summed E-state index contributed by atoms with van der Waals surface area (Å²) in [6, 6.07) is -0.458. The van der Waals surface area contributed by atoms with Crippen LogP contribution in [0.2, 0.25) is 0 Å². The highest BCUT2D eigenvalue weighted by molar-refractivity contribution is 5.11. The van der Waals surface area contributed by atoms with Crippen molar-refractivity contribution in [1.82, 2.24) is 0 Å². The van der Waals surface area contributed by atoms with Crippen molar-refractivity contribution in [3.63, 3.8) is 0 Å². The average molecular weight is 211 g/mol. The first-order chi connectivity index (χ1) is 5.06. The minimum atomic E-state index is -6.26. The molecule has 0 fully saturated rings. The van der Waals surface area contributed by atoms with Crippen LogP contribution in [0.4, 0.5) is 30.7 Å². The molecule has 0 heterocycles. The molecule has 0 unspecified atom stereocenters. The fraction of sp³-hybridized carbons (Fsp3) is 0.800. The van der Waals surface area contributed by atoms with Gasteiger partial charge in [0.2, 0.25) is 0 Å². The Morgan fingerprint density at radius 3 is 1.00 bits per heavy atom. The smallest absolute Gasteiger partial charge is 0.207 e. The number of nitriles is 1. The largest absolute Gasteiger partial charge is 0.445 e. The highest BCUT2D eigenvalue weighted by Crippen LogP contribution is 2.45. The standard InChI is InChI=1S/C4F7N.CH4/c5-2(1-12,3(6,7)8)4(9,10)11;/h;1H4. The van der Waals surface area contributed by atoms with E-state index in [1.54, 1.807) is 0 Å². The van der Waals surface area contributed by atoms with E-state index in [1.165, 1.54) is 0 Å². The maximum absolute atomic E-state index is 11.9. The van der Waals surface area contributed by atoms with E-state index < -0.39 is 24.1 Å². The van der Waals surface area contributed by atoms with Crippen LogP contribution in [0.5, 0.6) is 0 Å². The van der Waals surface area contributed by atoms with Crippen molar-refractivity contribution in [1.29, 1.82) is 5.26 Å². The van der Waals surface area contributed by atoms with Crippen LogP contribution in [0, 0.1) is 11.3 Å². The summed E-state index contributed by atoms with van der Waals surface area (Å²) in [4.78, 5) is 0. The molecule has 0 radical (unpaired) electrons. The molecule has 0 amide bonds. The molecule has 1 nitrogen and oxygen atoms in total. The fourth-order valence-electron chi connectivity index (χ4n) is 0.287. The van der Waals surface area contributed by atoms with E-state index in [9.17, 15) is 30.7 Å². The highest BCUT2D eigenvalue weighted by atomic mass is 19.4. The Labute approximate surface area is 68.8 Å². The fourth-order valence-corrected chi connectivity index (χ4v) is 0.287. The monoisotopic (exact) mass is 211 g/mol. The van der Waals surface area contributed by atoms with Gasteiger partial charge in [0.05, 0.1) is 0 Å². The van der Waals surface area contributed by atoms with E-state index in [4.69, 9.17) is 5.26 Å². The Balaban J connectivity index is 0. The predicted octanol–water partition coefficient (Wildman–Crippen LogP) is 2.98. The molecule has 0 aromatic rings. The van der Waals surface area contributed by atoms with E-state index in [-0.39, 0.29) is 7.43 Å². The van der Waals surface area contributed by atoms with Crippen LogP contribution in [0.25, 0.3) is 0 Å². The summed E-state index contributed by atoms with van der Waals surface area (Å²) in [7, 11) is 0. The lowest BCUT2D eigenvalue weighted by molar-refractivity contribution is -0.318. The second kappa shape index (κ2) is 3.40. The first-order valence-corrected chi connectivity index (χ1v) is 2.30. The normalized spacial score (nSPS) is 13.1. The molecule has 0 saturated heterocycles. The molecule has 8 heteroatoms. The van der Waals surface area contributed by atoms with Crippen molar-refractivity contribution >= 4 is 0 Å². The van der Waals surface area contributed by atoms with E-state index in [2.05, 4.69) is 0 Å². The van der Waals surface area contributed by atoms with Gasteiger partial charge in [-0.1, -0.05) is 7.43 Å². The van der Waals surface area contributed by atoms with Gasteiger partial charge < -0.3 is 0 Å². The zero-order chi connectivity index (χ0) is 10.2. The Hall–Kier alpha value is -1.00. The maximum atomic E-state index is 11.9. The molecule has 0 atom stereocenters. The van der Waals surface area contributed by atoms with Crippen molar-refractivity contribution in [2.24, 2.45) is 0 Å². The second-order valence-electron chi connectivity index (χ2n) is 1.77. The molecule has 0 rings (SSSR count). The summed E-state index contributed by atoms with van der Waals surface area (Å²) in [5.74, 6) is 0. The summed E-state index contributed by atoms with van der Waals surface area (Å²) in [6.45, 7) is 0. The van der Waals surface area contributed by atoms with Crippen molar-refractivity contribution in [2.45, 2.75) is 25.4 Å². The molecule has 0 N–H and O–H groups in total. The molecule has 0 aliphatic rings. The first-order valence-electron chi connectivity index (χ1n) is 2.30. The van der Waals surface area contributed by atoms with Crippen molar-refractivity contribution < 1.29 is 30.7 Å². The van der Waals surface area contributed by atoms with Gasteiger partial charge in [-0.2, -0.15) is 31.6 Å². The number of alkyl halides is 7. The highest BCUT2D eigenvalue weighted by Gasteiger charge is 2.73. The molecule has 0 aliphatic carbocycles. The Kier molecular flexibility index (Phi) is 3.79. The SMILES string of the molecule is C.N#CC(F)(C(F)(F)F)C(F)(F)F. The predicted molar refractivity (Wildman–Crippen MR) is 28.3 cm³/mol. The quantitative estimate of drug-likeness (QED) is 0.565. The molecule has 0 aliphatic heterocycles. The van der Waals surface area contributed by atoms with Crippen LogP contribution >= 0.6 is 0 Å². The minimum Gasteiger partial charge on any atom is -0.207 e. The van der Waals surface area contributed by atoms with Crippen LogP contribution in [-0.2, 0) is 0 Å². The molecule has 0 bridgehead atoms. The zero-order valence-corrected chi connectivity index (χ0v) is 5.09. The Morgan fingerprint density at radius 1 is 0.769 bits per heavy atom. The van der Waals surface area contributed by atoms with Gasteiger partial charge in [0.1, 0.15) is 6.07 Å². The summed E-state index contributed by atoms with van der Waals surface area (Å²) < 4.78 is 79.6. The van der Waals surface area contributed by atoms with E-state index in [1.807, 2.05) is 0 Å². The molecule has 0 spiro atoms. The van der Waals surface area contributed by atoms with Crippen LogP contribution in [0.1, 0.15) is 7.43 Å². The van der Waals surface area contributed by atoms with Gasteiger partial charge in [0.25, 0.3) is 0 Å². The van der Waals surface area contributed by atoms with Crippen LogP contribution in [-0.4, -0.2) is 18.0 Å². The third-order valence-electron chi connectivity index (χ3n) is 0.935. The van der Waals surface area contributed by atoms with Gasteiger partial charge in [-0.15, -0.1) is 0 Å². The molecular weight excluding hydrogens is 207 g/mol. The minimum absolute atomic E-state index is 0. The number of hydrogen-bond donors (Lipinski definition) is 0. The van der Waals surface area contributed by atoms with Gasteiger partial charge in [-0.3, -0.25) is 0 Å². The lowest BCUT2D eigenvalue weighted by Crippen LogP contribution is -2.51. The van der Waals surface area contributed by atoms with Gasteiger partial charge in [-0.05, 0) is 0 Å².